The van der Waals surface area contributed by atoms with Crippen molar-refractivity contribution in [2.75, 3.05) is 23.9 Å². The molecular weight excluding hydrogens is 366 g/mol. The molecule has 3 rings (SSSR count). The summed E-state index contributed by atoms with van der Waals surface area (Å²) >= 11 is 5.81. The van der Waals surface area contributed by atoms with Crippen LogP contribution in [0.5, 0.6) is 5.75 Å². The molecule has 0 bridgehead atoms. The number of carbonyl (C=O) groups excluding carboxylic acids is 2. The fourth-order valence-corrected chi connectivity index (χ4v) is 3.01. The number of nitrogens with zero attached hydrogens (tertiary/aromatic N) is 1. The molecule has 0 atom stereocenters. The highest BCUT2D eigenvalue weighted by Gasteiger charge is 2.25. The second-order valence-electron chi connectivity index (χ2n) is 5.74. The van der Waals surface area contributed by atoms with Crippen molar-refractivity contribution in [3.8, 4) is 5.75 Å². The number of hydrogen-bond donors (Lipinski definition) is 1. The molecule has 1 fully saturated rings. The van der Waals surface area contributed by atoms with Gasteiger partial charge in [-0.2, -0.15) is 0 Å². The Balaban J connectivity index is 1.85. The standard InChI is InChI=1S/C18H15ClF2N2O3/c1-26-16-7-10(4-5-15(16)23-6-2-3-17(23)24)22-18(25)11-8-13(20)14(21)9-12(11)19/h4-5,7-9H,2-3,6H2,1H3,(H,22,25). The number of rotatable bonds is 4. The highest BCUT2D eigenvalue weighted by molar-refractivity contribution is 6.34. The van der Waals surface area contributed by atoms with Crippen LogP contribution >= 0.6 is 11.6 Å². The van der Waals surface area contributed by atoms with Crippen molar-refractivity contribution in [3.63, 3.8) is 0 Å². The molecule has 0 aliphatic carbocycles. The molecule has 2 amide bonds. The second-order valence-corrected chi connectivity index (χ2v) is 6.14. The van der Waals surface area contributed by atoms with Crippen LogP contribution in [0.15, 0.2) is 30.3 Å². The van der Waals surface area contributed by atoms with Crippen LogP contribution in [0.1, 0.15) is 23.2 Å². The lowest BCUT2D eigenvalue weighted by Gasteiger charge is -2.19. The first-order valence-electron chi connectivity index (χ1n) is 7.85. The lowest BCUT2D eigenvalue weighted by Crippen LogP contribution is -2.24. The van der Waals surface area contributed by atoms with Crippen LogP contribution in [0.3, 0.4) is 0 Å². The average molecular weight is 381 g/mol. The van der Waals surface area contributed by atoms with Gasteiger partial charge in [0.25, 0.3) is 5.91 Å². The minimum Gasteiger partial charge on any atom is -0.494 e. The topological polar surface area (TPSA) is 58.6 Å². The van der Waals surface area contributed by atoms with Crippen molar-refractivity contribution in [3.05, 3.63) is 52.6 Å². The molecule has 0 aromatic heterocycles. The molecule has 1 aliphatic rings. The largest absolute Gasteiger partial charge is 0.494 e. The Bertz CT molecular complexity index is 889. The van der Waals surface area contributed by atoms with Gasteiger partial charge in [-0.25, -0.2) is 8.78 Å². The number of nitrogens with one attached hydrogen (secondary N) is 1. The van der Waals surface area contributed by atoms with E-state index in [0.29, 0.717) is 30.1 Å². The van der Waals surface area contributed by atoms with Gasteiger partial charge in [-0.1, -0.05) is 11.6 Å². The lowest BCUT2D eigenvalue weighted by atomic mass is 10.2. The van der Waals surface area contributed by atoms with Crippen molar-refractivity contribution < 1.29 is 23.1 Å². The van der Waals surface area contributed by atoms with Crippen LogP contribution in [-0.2, 0) is 4.79 Å². The number of methoxy groups -OCH3 is 1. The molecule has 1 saturated heterocycles. The van der Waals surface area contributed by atoms with Crippen LogP contribution in [0.4, 0.5) is 20.2 Å². The summed E-state index contributed by atoms with van der Waals surface area (Å²) in [5.41, 5.74) is 0.783. The number of halogens is 3. The van der Waals surface area contributed by atoms with Gasteiger partial charge < -0.3 is 15.0 Å². The van der Waals surface area contributed by atoms with Crippen LogP contribution in [-0.4, -0.2) is 25.5 Å². The van der Waals surface area contributed by atoms with Gasteiger partial charge in [0.1, 0.15) is 5.75 Å². The van der Waals surface area contributed by atoms with Gasteiger partial charge in [-0.05, 0) is 30.7 Å². The third-order valence-corrected chi connectivity index (χ3v) is 4.37. The second kappa shape index (κ2) is 7.29. The molecule has 1 heterocycles. The molecule has 5 nitrogen and oxygen atoms in total. The van der Waals surface area contributed by atoms with Gasteiger partial charge in [-0.15, -0.1) is 0 Å². The van der Waals surface area contributed by atoms with E-state index in [-0.39, 0.29) is 16.5 Å². The quantitative estimate of drug-likeness (QED) is 0.815. The summed E-state index contributed by atoms with van der Waals surface area (Å²) in [5, 5.41) is 2.35. The maximum atomic E-state index is 13.4. The molecule has 0 unspecified atom stereocenters. The third-order valence-electron chi connectivity index (χ3n) is 4.06. The SMILES string of the molecule is COc1cc(NC(=O)c2cc(F)c(F)cc2Cl)ccc1N1CCCC1=O. The molecule has 2 aromatic carbocycles. The zero-order valence-electron chi connectivity index (χ0n) is 13.8. The Hall–Kier alpha value is -2.67. The number of ether oxygens (including phenoxy) is 1. The molecule has 1 N–H and O–H groups in total. The Morgan fingerprint density at radius 3 is 2.62 bits per heavy atom. The highest BCUT2D eigenvalue weighted by Crippen LogP contribution is 2.34. The van der Waals surface area contributed by atoms with Gasteiger partial charge >= 0.3 is 0 Å². The summed E-state index contributed by atoms with van der Waals surface area (Å²) < 4.78 is 31.8. The Kier molecular flexibility index (Phi) is 5.08. The van der Waals surface area contributed by atoms with Crippen LogP contribution in [0.2, 0.25) is 5.02 Å². The number of amides is 2. The number of carbonyl (C=O) groups is 2. The van der Waals surface area contributed by atoms with E-state index in [1.54, 1.807) is 23.1 Å². The maximum absolute atomic E-state index is 13.4. The molecule has 0 spiro atoms. The first-order valence-corrected chi connectivity index (χ1v) is 8.23. The van der Waals surface area contributed by atoms with E-state index in [0.717, 1.165) is 18.6 Å². The van der Waals surface area contributed by atoms with E-state index in [2.05, 4.69) is 5.32 Å². The van der Waals surface area contributed by atoms with E-state index in [9.17, 15) is 18.4 Å². The van der Waals surface area contributed by atoms with Crippen molar-refractivity contribution in [2.24, 2.45) is 0 Å². The fraction of sp³-hybridized carbons (Fsp3) is 0.222. The molecule has 0 radical (unpaired) electrons. The summed E-state index contributed by atoms with van der Waals surface area (Å²) in [6.45, 7) is 0.603. The third kappa shape index (κ3) is 3.48. The monoisotopic (exact) mass is 380 g/mol. The highest BCUT2D eigenvalue weighted by atomic mass is 35.5. The molecule has 1 aliphatic heterocycles. The van der Waals surface area contributed by atoms with Crippen molar-refractivity contribution in [1.29, 1.82) is 0 Å². The Morgan fingerprint density at radius 1 is 1.23 bits per heavy atom. The van der Waals surface area contributed by atoms with E-state index in [1.165, 1.54) is 7.11 Å². The zero-order valence-corrected chi connectivity index (χ0v) is 14.6. The summed E-state index contributed by atoms with van der Waals surface area (Å²) in [4.78, 5) is 25.8. The molecule has 0 saturated carbocycles. The molecular formula is C18H15ClF2N2O3. The van der Waals surface area contributed by atoms with E-state index in [1.807, 2.05) is 0 Å². The van der Waals surface area contributed by atoms with Gasteiger partial charge in [-0.3, -0.25) is 9.59 Å². The summed E-state index contributed by atoms with van der Waals surface area (Å²) in [5.74, 6) is -2.57. The van der Waals surface area contributed by atoms with Crippen LogP contribution < -0.4 is 15.0 Å². The number of benzene rings is 2. The van der Waals surface area contributed by atoms with Gasteiger partial charge in [0.15, 0.2) is 11.6 Å². The minimum atomic E-state index is -1.17. The normalized spacial score (nSPS) is 13.8. The summed E-state index contributed by atoms with van der Waals surface area (Å²) in [6, 6.07) is 6.28. The van der Waals surface area contributed by atoms with E-state index < -0.39 is 17.5 Å². The van der Waals surface area contributed by atoms with Gasteiger partial charge in [0.2, 0.25) is 5.91 Å². The predicted molar refractivity (Wildman–Crippen MR) is 93.9 cm³/mol. The van der Waals surface area contributed by atoms with Crippen LogP contribution in [0.25, 0.3) is 0 Å². The van der Waals surface area contributed by atoms with Crippen molar-refractivity contribution >= 4 is 34.8 Å². The van der Waals surface area contributed by atoms with E-state index >= 15 is 0 Å². The first-order chi connectivity index (χ1) is 12.4. The minimum absolute atomic E-state index is 0.00801. The van der Waals surface area contributed by atoms with E-state index in [4.69, 9.17) is 16.3 Å². The fourth-order valence-electron chi connectivity index (χ4n) is 2.78. The smallest absolute Gasteiger partial charge is 0.257 e. The lowest BCUT2D eigenvalue weighted by molar-refractivity contribution is -0.117. The number of hydrogen-bond acceptors (Lipinski definition) is 3. The van der Waals surface area contributed by atoms with Gasteiger partial charge in [0, 0.05) is 24.7 Å². The summed E-state index contributed by atoms with van der Waals surface area (Å²) in [6.07, 6.45) is 1.26. The molecule has 136 valence electrons. The predicted octanol–water partition coefficient (Wildman–Crippen LogP) is 4.01. The zero-order chi connectivity index (χ0) is 18.8. The first kappa shape index (κ1) is 18.1. The van der Waals surface area contributed by atoms with Crippen LogP contribution in [0, 0.1) is 11.6 Å². The van der Waals surface area contributed by atoms with Crippen molar-refractivity contribution in [2.45, 2.75) is 12.8 Å². The summed E-state index contributed by atoms with van der Waals surface area (Å²) in [7, 11) is 1.46. The number of anilines is 2. The molecule has 8 heteroatoms. The maximum Gasteiger partial charge on any atom is 0.257 e. The Morgan fingerprint density at radius 2 is 1.96 bits per heavy atom. The average Bonchev–Trinajstić information content (AvgIpc) is 3.03. The van der Waals surface area contributed by atoms with Crippen molar-refractivity contribution in [1.82, 2.24) is 0 Å². The molecule has 26 heavy (non-hydrogen) atoms. The van der Waals surface area contributed by atoms with Gasteiger partial charge in [0.05, 0.1) is 23.4 Å². The molecule has 2 aromatic rings. The Labute approximate surface area is 153 Å².